The summed E-state index contributed by atoms with van der Waals surface area (Å²) in [5.74, 6) is -0.743. The van der Waals surface area contributed by atoms with Crippen LogP contribution in [0.15, 0.2) is 47.5 Å². The molecule has 1 fully saturated rings. The van der Waals surface area contributed by atoms with Gasteiger partial charge in [0.15, 0.2) is 6.19 Å². The predicted octanol–water partition coefficient (Wildman–Crippen LogP) is 3.62. The Kier molecular flexibility index (Phi) is 7.03. The molecule has 0 radical (unpaired) electrons. The minimum Gasteiger partial charge on any atom is -0.342 e. The molecule has 1 aliphatic rings. The van der Waals surface area contributed by atoms with Gasteiger partial charge in [-0.25, -0.2) is 13.6 Å². The van der Waals surface area contributed by atoms with Crippen molar-refractivity contribution in [1.29, 1.82) is 5.26 Å². The Morgan fingerprint density at radius 2 is 1.74 bits per heavy atom. The summed E-state index contributed by atoms with van der Waals surface area (Å²) in [4.78, 5) is 20.4. The summed E-state index contributed by atoms with van der Waals surface area (Å²) in [6, 6.07) is 9.98. The number of amides is 2. The number of guanidine groups is 1. The first-order valence-electron chi connectivity index (χ1n) is 9.88. The zero-order chi connectivity index (χ0) is 22.4. The fourth-order valence-electron chi connectivity index (χ4n) is 3.64. The van der Waals surface area contributed by atoms with Crippen LogP contribution < -0.4 is 10.6 Å². The van der Waals surface area contributed by atoms with Crippen molar-refractivity contribution < 1.29 is 13.6 Å². The molecule has 3 rings (SSSR count). The molecular formula is C22H24F2N6O. The maximum Gasteiger partial charge on any atom is 0.321 e. The molecule has 0 aromatic heterocycles. The lowest BCUT2D eigenvalue weighted by Gasteiger charge is -2.37. The van der Waals surface area contributed by atoms with Crippen LogP contribution >= 0.6 is 0 Å². The molecule has 1 aliphatic heterocycles. The number of nitriles is 1. The molecule has 0 spiro atoms. The van der Waals surface area contributed by atoms with E-state index >= 15 is 0 Å². The third-order valence-electron chi connectivity index (χ3n) is 5.34. The SMILES string of the molecule is CN=C(NC#N)N1CCC(N(C)C(=O)Nc2ccc(-c3cc(F)cc(F)c3)cc2)CC1. The molecule has 2 amide bonds. The summed E-state index contributed by atoms with van der Waals surface area (Å²) < 4.78 is 26.9. The van der Waals surface area contributed by atoms with Gasteiger partial charge in [0, 0.05) is 45.0 Å². The van der Waals surface area contributed by atoms with E-state index in [9.17, 15) is 13.6 Å². The zero-order valence-corrected chi connectivity index (χ0v) is 17.4. The van der Waals surface area contributed by atoms with Crippen molar-refractivity contribution in [2.45, 2.75) is 18.9 Å². The van der Waals surface area contributed by atoms with Gasteiger partial charge in [-0.1, -0.05) is 12.1 Å². The van der Waals surface area contributed by atoms with Crippen molar-refractivity contribution in [3.05, 3.63) is 54.1 Å². The fourth-order valence-corrected chi connectivity index (χ4v) is 3.64. The molecular weight excluding hydrogens is 402 g/mol. The Hall–Kier alpha value is -3.67. The first-order valence-corrected chi connectivity index (χ1v) is 9.88. The number of anilines is 1. The second-order valence-corrected chi connectivity index (χ2v) is 7.28. The van der Waals surface area contributed by atoms with E-state index in [2.05, 4.69) is 15.6 Å². The van der Waals surface area contributed by atoms with Gasteiger partial charge in [0.1, 0.15) is 11.6 Å². The Bertz CT molecular complexity index is 974. The van der Waals surface area contributed by atoms with Gasteiger partial charge in [0.25, 0.3) is 0 Å². The molecule has 162 valence electrons. The highest BCUT2D eigenvalue weighted by Crippen LogP contribution is 2.24. The molecule has 0 atom stereocenters. The van der Waals surface area contributed by atoms with Gasteiger partial charge < -0.3 is 15.1 Å². The molecule has 2 aromatic rings. The number of nitrogens with one attached hydrogen (secondary N) is 2. The van der Waals surface area contributed by atoms with Crippen molar-refractivity contribution in [1.82, 2.24) is 15.1 Å². The van der Waals surface area contributed by atoms with Crippen LogP contribution in [0.3, 0.4) is 0 Å². The van der Waals surface area contributed by atoms with Crippen LogP contribution in [0.4, 0.5) is 19.3 Å². The second kappa shape index (κ2) is 9.89. The Balaban J connectivity index is 1.57. The van der Waals surface area contributed by atoms with Gasteiger partial charge in [-0.05, 0) is 48.2 Å². The van der Waals surface area contributed by atoms with Crippen molar-refractivity contribution in [2.75, 3.05) is 32.5 Å². The van der Waals surface area contributed by atoms with Crippen LogP contribution in [0, 0.1) is 23.1 Å². The third kappa shape index (κ3) is 5.48. The normalized spacial score (nSPS) is 14.7. The molecule has 1 heterocycles. The average molecular weight is 426 g/mol. The van der Waals surface area contributed by atoms with Crippen molar-refractivity contribution in [2.24, 2.45) is 4.99 Å². The fraction of sp³-hybridized carbons (Fsp3) is 0.318. The van der Waals surface area contributed by atoms with Crippen LogP contribution in [-0.4, -0.2) is 55.0 Å². The third-order valence-corrected chi connectivity index (χ3v) is 5.34. The Morgan fingerprint density at radius 3 is 2.29 bits per heavy atom. The topological polar surface area (TPSA) is 83.8 Å². The van der Waals surface area contributed by atoms with Crippen LogP contribution in [0.5, 0.6) is 0 Å². The lowest BCUT2D eigenvalue weighted by atomic mass is 10.0. The van der Waals surface area contributed by atoms with Crippen molar-refractivity contribution in [3.63, 3.8) is 0 Å². The van der Waals surface area contributed by atoms with E-state index in [1.54, 1.807) is 43.3 Å². The molecule has 0 bridgehead atoms. The summed E-state index contributed by atoms with van der Waals surface area (Å²) in [5.41, 5.74) is 1.67. The average Bonchev–Trinajstić information content (AvgIpc) is 2.77. The van der Waals surface area contributed by atoms with Gasteiger partial charge in [0.05, 0.1) is 0 Å². The molecule has 2 aromatic carbocycles. The molecule has 0 aliphatic carbocycles. The smallest absolute Gasteiger partial charge is 0.321 e. The van der Waals surface area contributed by atoms with Crippen molar-refractivity contribution in [3.8, 4) is 17.3 Å². The van der Waals surface area contributed by atoms with E-state index in [0.717, 1.165) is 18.9 Å². The summed E-state index contributed by atoms with van der Waals surface area (Å²) in [7, 11) is 3.38. The number of rotatable bonds is 3. The van der Waals surface area contributed by atoms with Crippen LogP contribution in [0.2, 0.25) is 0 Å². The summed E-state index contributed by atoms with van der Waals surface area (Å²) in [5, 5.41) is 14.2. The molecule has 7 nitrogen and oxygen atoms in total. The highest BCUT2D eigenvalue weighted by molar-refractivity contribution is 5.89. The Morgan fingerprint density at radius 1 is 1.13 bits per heavy atom. The van der Waals surface area contributed by atoms with Crippen LogP contribution in [-0.2, 0) is 0 Å². The lowest BCUT2D eigenvalue weighted by molar-refractivity contribution is 0.170. The minimum atomic E-state index is -0.638. The number of urea groups is 1. The van der Waals surface area contributed by atoms with E-state index in [4.69, 9.17) is 5.26 Å². The van der Waals surface area contributed by atoms with Crippen LogP contribution in [0.1, 0.15) is 12.8 Å². The predicted molar refractivity (Wildman–Crippen MR) is 115 cm³/mol. The monoisotopic (exact) mass is 426 g/mol. The molecule has 9 heteroatoms. The number of benzene rings is 2. The second-order valence-electron chi connectivity index (χ2n) is 7.28. The maximum atomic E-state index is 13.4. The molecule has 31 heavy (non-hydrogen) atoms. The summed E-state index contributed by atoms with van der Waals surface area (Å²) in [6.45, 7) is 1.37. The number of piperidine rings is 1. The first-order chi connectivity index (χ1) is 14.9. The first kappa shape index (κ1) is 22.0. The largest absolute Gasteiger partial charge is 0.342 e. The quantitative estimate of drug-likeness (QED) is 0.340. The maximum absolute atomic E-state index is 13.4. The van der Waals surface area contributed by atoms with Gasteiger partial charge in [0.2, 0.25) is 5.96 Å². The number of carbonyl (C=O) groups excluding carboxylic acids is 1. The number of halogens is 2. The highest BCUT2D eigenvalue weighted by Gasteiger charge is 2.26. The molecule has 2 N–H and O–H groups in total. The number of hydrogen-bond donors (Lipinski definition) is 2. The minimum absolute atomic E-state index is 0.0611. The van der Waals surface area contributed by atoms with E-state index in [-0.39, 0.29) is 12.1 Å². The molecule has 0 saturated carbocycles. The van der Waals surface area contributed by atoms with Gasteiger partial charge in [-0.15, -0.1) is 0 Å². The highest BCUT2D eigenvalue weighted by atomic mass is 19.1. The number of hydrogen-bond acceptors (Lipinski definition) is 3. The standard InChI is InChI=1S/C22H24F2N6O/c1-26-21(27-14-25)30-9-7-20(8-10-30)29(2)22(31)28-19-5-3-15(4-6-19)16-11-17(23)13-18(24)12-16/h3-6,11-13,20H,7-10H2,1-2H3,(H,26,27)(H,28,31). The summed E-state index contributed by atoms with van der Waals surface area (Å²) >= 11 is 0. The number of aliphatic imine (C=N–C) groups is 1. The number of carbonyl (C=O) groups is 1. The van der Waals surface area contributed by atoms with E-state index in [1.165, 1.54) is 12.1 Å². The van der Waals surface area contributed by atoms with Crippen LogP contribution in [0.25, 0.3) is 11.1 Å². The van der Waals surface area contributed by atoms with Crippen molar-refractivity contribution >= 4 is 17.7 Å². The van der Waals surface area contributed by atoms with Gasteiger partial charge >= 0.3 is 6.03 Å². The summed E-state index contributed by atoms with van der Waals surface area (Å²) in [6.07, 6.45) is 3.38. The van der Waals surface area contributed by atoms with E-state index < -0.39 is 11.6 Å². The lowest BCUT2D eigenvalue weighted by Crippen LogP contribution is -2.50. The Labute approximate surface area is 180 Å². The van der Waals surface area contributed by atoms with Gasteiger partial charge in [-0.3, -0.25) is 10.3 Å². The molecule has 1 saturated heterocycles. The zero-order valence-electron chi connectivity index (χ0n) is 17.4. The van der Waals surface area contributed by atoms with Gasteiger partial charge in [-0.2, -0.15) is 5.26 Å². The van der Waals surface area contributed by atoms with E-state index in [1.807, 2.05) is 11.1 Å². The van der Waals surface area contributed by atoms with E-state index in [0.29, 0.717) is 35.9 Å². The number of likely N-dealkylation sites (tertiary alicyclic amines) is 1. The molecule has 0 unspecified atom stereocenters. The number of nitrogens with zero attached hydrogens (tertiary/aromatic N) is 4.